The van der Waals surface area contributed by atoms with Crippen molar-refractivity contribution in [1.29, 1.82) is 0 Å². The van der Waals surface area contributed by atoms with Crippen molar-refractivity contribution in [3.63, 3.8) is 0 Å². The first-order chi connectivity index (χ1) is 16.2. The number of fused-ring (bicyclic) bond motifs is 2. The van der Waals surface area contributed by atoms with E-state index >= 15 is 0 Å². The molecular formula is C21H28N5O6S2+. The molecule has 3 saturated heterocycles. The summed E-state index contributed by atoms with van der Waals surface area (Å²) in [6, 6.07) is -1.61. The summed E-state index contributed by atoms with van der Waals surface area (Å²) >= 11 is 2.82. The Labute approximate surface area is 204 Å². The van der Waals surface area contributed by atoms with Crippen LogP contribution in [-0.4, -0.2) is 116 Å². The third-order valence-corrected chi connectivity index (χ3v) is 9.95. The minimum Gasteiger partial charge on any atom is -0.477 e. The lowest BCUT2D eigenvalue weighted by Crippen LogP contribution is -2.73. The van der Waals surface area contributed by atoms with Crippen LogP contribution >= 0.6 is 23.5 Å². The van der Waals surface area contributed by atoms with Crippen molar-refractivity contribution in [2.45, 2.75) is 35.7 Å². The molecule has 0 saturated carbocycles. The Bertz CT molecular complexity index is 1040. The van der Waals surface area contributed by atoms with Crippen LogP contribution in [0.2, 0.25) is 0 Å². The molecule has 0 unspecified atom stereocenters. The molecule has 0 aromatic rings. The lowest BCUT2D eigenvalue weighted by molar-refractivity contribution is -0.893. The number of hydrogen-bond donors (Lipinski definition) is 4. The zero-order chi connectivity index (χ0) is 24.4. The fraction of sp³-hybridized carbons (Fsp3) is 0.619. The fourth-order valence-electron chi connectivity index (χ4n) is 5.45. The molecule has 0 aromatic heterocycles. The van der Waals surface area contributed by atoms with Crippen molar-refractivity contribution in [3.05, 3.63) is 22.5 Å². The van der Waals surface area contributed by atoms with Gasteiger partial charge in [-0.25, -0.2) is 4.79 Å². The molecule has 5 rings (SSSR count). The number of β-lactam (4-membered cyclic amide) rings is 2. The van der Waals surface area contributed by atoms with Crippen LogP contribution in [-0.2, 0) is 19.2 Å². The maximum absolute atomic E-state index is 13.1. The molecule has 5 heterocycles. The summed E-state index contributed by atoms with van der Waals surface area (Å²) in [7, 11) is 2.11. The molecule has 5 aliphatic rings. The number of hydrogen-bond acceptors (Lipinski definition) is 8. The maximum Gasteiger partial charge on any atom is 0.352 e. The molecular weight excluding hydrogens is 482 g/mol. The molecule has 0 aromatic carbocycles. The normalized spacial score (nSPS) is 32.2. The molecule has 5 N–H and O–H groups in total. The zero-order valence-electron chi connectivity index (χ0n) is 18.7. The molecule has 184 valence electrons. The highest BCUT2D eigenvalue weighted by atomic mass is 32.2. The first-order valence-electron chi connectivity index (χ1n) is 11.2. The SMILES string of the molecule is C[N+]1(CC2=C(C(=O)O)N3C(=O)[C@@H](NC(=O)C4=C(CO)CS[C@@H]5[C@H](N)C(=O)N45)[C@H]3SC2)CCCC1. The number of quaternary nitrogens is 1. The number of carboxylic acid groups (broad SMARTS) is 1. The third kappa shape index (κ3) is 3.56. The summed E-state index contributed by atoms with van der Waals surface area (Å²) in [5, 5.41) is 21.4. The molecule has 4 atom stereocenters. The number of carbonyl (C=O) groups is 4. The summed E-state index contributed by atoms with van der Waals surface area (Å²) in [6.45, 7) is 2.16. The number of nitrogens with two attached hydrogens (primary N) is 1. The Morgan fingerprint density at radius 3 is 2.32 bits per heavy atom. The minimum atomic E-state index is -1.14. The number of likely N-dealkylation sites (N-methyl/N-ethyl adjacent to an activating group) is 1. The smallest absolute Gasteiger partial charge is 0.352 e. The summed E-state index contributed by atoms with van der Waals surface area (Å²) in [5.41, 5.74) is 7.06. The van der Waals surface area contributed by atoms with Crippen molar-refractivity contribution in [1.82, 2.24) is 15.1 Å². The Kier molecular flexibility index (Phi) is 5.96. The van der Waals surface area contributed by atoms with Crippen LogP contribution in [0.3, 0.4) is 0 Å². The number of likely N-dealkylation sites (tertiary alicyclic amines) is 1. The van der Waals surface area contributed by atoms with Crippen molar-refractivity contribution in [3.8, 4) is 0 Å². The summed E-state index contributed by atoms with van der Waals surface area (Å²) < 4.78 is 0.767. The summed E-state index contributed by atoms with van der Waals surface area (Å²) in [6.07, 6.45) is 2.21. The quantitative estimate of drug-likeness (QED) is 0.246. The van der Waals surface area contributed by atoms with Gasteiger partial charge in [-0.1, -0.05) is 0 Å². The van der Waals surface area contributed by atoms with E-state index in [2.05, 4.69) is 12.4 Å². The van der Waals surface area contributed by atoms with Crippen LogP contribution in [0.4, 0.5) is 0 Å². The standard InChI is InChI=1S/C21H27N5O6S2/c1-26(4-2-3-5-26)6-10-8-34-20-13(18(30)25(20)15(10)21(31)32)23-16(28)14-11(7-27)9-33-19-12(22)17(29)24(14)19/h12-13,19-20,27H,2-9,22H2,1H3,(H-,23,28,31,32)/p+1/t12-,13-,19-,20-/m1/s1. The van der Waals surface area contributed by atoms with Gasteiger partial charge >= 0.3 is 5.97 Å². The number of aliphatic hydroxyl groups excluding tert-OH is 1. The highest BCUT2D eigenvalue weighted by Gasteiger charge is 2.56. The van der Waals surface area contributed by atoms with Gasteiger partial charge in [0.15, 0.2) is 0 Å². The lowest BCUT2D eigenvalue weighted by atomic mass is 10.0. The molecule has 34 heavy (non-hydrogen) atoms. The first kappa shape index (κ1) is 23.7. The number of aliphatic carboxylic acids is 1. The maximum atomic E-state index is 13.1. The van der Waals surface area contributed by atoms with Crippen molar-refractivity contribution in [2.75, 3.05) is 44.8 Å². The number of aliphatic hydroxyl groups is 1. The van der Waals surface area contributed by atoms with Crippen molar-refractivity contribution in [2.24, 2.45) is 5.73 Å². The van der Waals surface area contributed by atoms with E-state index in [1.54, 1.807) is 0 Å². The zero-order valence-corrected chi connectivity index (χ0v) is 20.4. The molecule has 0 radical (unpaired) electrons. The summed E-state index contributed by atoms with van der Waals surface area (Å²) in [4.78, 5) is 53.2. The van der Waals surface area contributed by atoms with Gasteiger partial charge in [0, 0.05) is 29.9 Å². The average molecular weight is 511 g/mol. The van der Waals surface area contributed by atoms with Crippen LogP contribution in [0.15, 0.2) is 22.5 Å². The van der Waals surface area contributed by atoms with E-state index in [1.807, 2.05) is 0 Å². The van der Waals surface area contributed by atoms with Gasteiger partial charge in [-0.05, 0) is 5.57 Å². The van der Waals surface area contributed by atoms with E-state index in [4.69, 9.17) is 5.73 Å². The molecule has 0 bridgehead atoms. The Morgan fingerprint density at radius 2 is 1.68 bits per heavy atom. The number of nitrogens with zero attached hydrogens (tertiary/aromatic N) is 3. The van der Waals surface area contributed by atoms with Crippen LogP contribution in [0.25, 0.3) is 0 Å². The topological polar surface area (TPSA) is 153 Å². The second-order valence-electron chi connectivity index (χ2n) is 9.60. The first-order valence-corrected chi connectivity index (χ1v) is 13.3. The van der Waals surface area contributed by atoms with E-state index in [0.29, 0.717) is 23.6 Å². The minimum absolute atomic E-state index is 0.0267. The van der Waals surface area contributed by atoms with Gasteiger partial charge in [-0.3, -0.25) is 24.2 Å². The van der Waals surface area contributed by atoms with Crippen molar-refractivity contribution >= 4 is 47.2 Å². The molecule has 5 aliphatic heterocycles. The number of nitrogens with one attached hydrogen (secondary N) is 1. The van der Waals surface area contributed by atoms with Crippen molar-refractivity contribution < 1.29 is 33.9 Å². The molecule has 0 aliphatic carbocycles. The molecule has 0 spiro atoms. The Morgan fingerprint density at radius 1 is 1.06 bits per heavy atom. The van der Waals surface area contributed by atoms with Crippen LogP contribution < -0.4 is 11.1 Å². The lowest BCUT2D eigenvalue weighted by Gasteiger charge is -2.51. The van der Waals surface area contributed by atoms with Gasteiger partial charge in [0.05, 0.1) is 26.7 Å². The average Bonchev–Trinajstić information content (AvgIpc) is 3.25. The van der Waals surface area contributed by atoms with E-state index < -0.39 is 47.8 Å². The third-order valence-electron chi connectivity index (χ3n) is 7.25. The van der Waals surface area contributed by atoms with Gasteiger partial charge in [-0.2, -0.15) is 0 Å². The van der Waals surface area contributed by atoms with Gasteiger partial charge < -0.3 is 25.7 Å². The summed E-state index contributed by atoms with van der Waals surface area (Å²) in [5.74, 6) is -1.82. The van der Waals surface area contributed by atoms with E-state index in [1.165, 1.54) is 33.3 Å². The molecule has 11 nitrogen and oxygen atoms in total. The molecule has 13 heteroatoms. The molecule has 3 amide bonds. The van der Waals surface area contributed by atoms with Gasteiger partial charge in [0.25, 0.3) is 11.8 Å². The predicted molar refractivity (Wildman–Crippen MR) is 125 cm³/mol. The van der Waals surface area contributed by atoms with E-state index in [-0.39, 0.29) is 16.8 Å². The highest BCUT2D eigenvalue weighted by molar-refractivity contribution is 8.00. The fourth-order valence-corrected chi connectivity index (χ4v) is 8.07. The Hall–Kier alpha value is -2.06. The van der Waals surface area contributed by atoms with E-state index in [0.717, 1.165) is 36.0 Å². The number of thioether (sulfide) groups is 2. The number of rotatable bonds is 6. The Balaban J connectivity index is 1.35. The number of amides is 3. The van der Waals surface area contributed by atoms with Crippen LogP contribution in [0, 0.1) is 0 Å². The van der Waals surface area contributed by atoms with Gasteiger partial charge in [0.1, 0.15) is 40.8 Å². The van der Waals surface area contributed by atoms with Gasteiger partial charge in [-0.15, -0.1) is 23.5 Å². The number of carbonyl (C=O) groups excluding carboxylic acids is 3. The highest BCUT2D eigenvalue weighted by Crippen LogP contribution is 2.43. The van der Waals surface area contributed by atoms with Crippen LogP contribution in [0.5, 0.6) is 0 Å². The van der Waals surface area contributed by atoms with E-state index in [9.17, 15) is 29.4 Å². The number of carboxylic acids is 1. The monoisotopic (exact) mass is 510 g/mol. The molecule has 3 fully saturated rings. The van der Waals surface area contributed by atoms with Gasteiger partial charge in [0.2, 0.25) is 5.91 Å². The van der Waals surface area contributed by atoms with Crippen LogP contribution in [0.1, 0.15) is 12.8 Å². The second-order valence-corrected chi connectivity index (χ2v) is 11.8. The largest absolute Gasteiger partial charge is 0.477 e. The second kappa shape index (κ2) is 8.55. The predicted octanol–water partition coefficient (Wildman–Crippen LogP) is -1.55.